The molecule has 0 radical (unpaired) electrons. The van der Waals surface area contributed by atoms with Gasteiger partial charge in [0, 0.05) is 24.7 Å². The van der Waals surface area contributed by atoms with Crippen molar-refractivity contribution in [3.05, 3.63) is 93.5 Å². The number of rotatable bonds is 12. The number of nitro benzene ring substituents is 1. The molecule has 218 valence electrons. The number of likely N-dealkylation sites (N-methyl/N-ethyl adjacent to an activating group) is 1. The number of sulfonamides is 1. The number of anilines is 1. The van der Waals surface area contributed by atoms with Crippen LogP contribution in [0.4, 0.5) is 11.4 Å². The lowest BCUT2D eigenvalue weighted by atomic mass is 10.1. The highest BCUT2D eigenvalue weighted by atomic mass is 32.2. The van der Waals surface area contributed by atoms with Crippen molar-refractivity contribution in [2.24, 2.45) is 0 Å². The molecule has 1 N–H and O–H groups in total. The van der Waals surface area contributed by atoms with Gasteiger partial charge < -0.3 is 15.0 Å². The molecule has 0 aromatic heterocycles. The molecule has 0 spiro atoms. The van der Waals surface area contributed by atoms with E-state index in [1.54, 1.807) is 26.0 Å². The molecule has 41 heavy (non-hydrogen) atoms. The minimum atomic E-state index is -4.47. The molecule has 0 saturated carbocycles. The molecule has 0 fully saturated rings. The lowest BCUT2D eigenvalue weighted by molar-refractivity contribution is -0.385. The van der Waals surface area contributed by atoms with Crippen LogP contribution in [0.2, 0.25) is 0 Å². The molecule has 0 aliphatic rings. The smallest absolute Gasteiger partial charge is 0.273 e. The van der Waals surface area contributed by atoms with Crippen LogP contribution in [0.15, 0.2) is 71.6 Å². The normalized spacial score (nSPS) is 11.8. The van der Waals surface area contributed by atoms with E-state index in [1.165, 1.54) is 43.2 Å². The fourth-order valence-electron chi connectivity index (χ4n) is 4.26. The van der Waals surface area contributed by atoms with E-state index in [0.29, 0.717) is 17.9 Å². The number of methoxy groups -OCH3 is 1. The number of benzene rings is 3. The molecule has 11 nitrogen and oxygen atoms in total. The minimum Gasteiger partial charge on any atom is -0.497 e. The van der Waals surface area contributed by atoms with Crippen LogP contribution in [-0.2, 0) is 26.2 Å². The standard InChI is InChI=1S/C29H34N4O7S/c1-6-30-29(35)22(4)31(18-23-9-7-8-20(2)16-23)28(34)19-32(24-11-13-25(40-5)14-12-24)41(38,39)26-15-10-21(3)27(17-26)33(36)37/h7-17,22H,6,18-19H2,1-5H3,(H,30,35). The quantitative estimate of drug-likeness (QED) is 0.252. The van der Waals surface area contributed by atoms with Gasteiger partial charge in [0.25, 0.3) is 15.7 Å². The molecule has 3 rings (SSSR count). The third kappa shape index (κ3) is 7.40. The Morgan fingerprint density at radius 1 is 1.05 bits per heavy atom. The van der Waals surface area contributed by atoms with E-state index in [0.717, 1.165) is 21.5 Å². The molecule has 2 amide bonds. The second-order valence-corrected chi connectivity index (χ2v) is 11.4. The van der Waals surface area contributed by atoms with Gasteiger partial charge in [-0.05, 0) is 63.6 Å². The lowest BCUT2D eigenvalue weighted by Gasteiger charge is -2.32. The van der Waals surface area contributed by atoms with Gasteiger partial charge in [0.15, 0.2) is 0 Å². The molecule has 0 aliphatic carbocycles. The monoisotopic (exact) mass is 582 g/mol. The van der Waals surface area contributed by atoms with Crippen molar-refractivity contribution in [1.82, 2.24) is 10.2 Å². The summed E-state index contributed by atoms with van der Waals surface area (Å²) in [6.07, 6.45) is 0. The Hall–Kier alpha value is -4.45. The Balaban J connectivity index is 2.09. The number of ether oxygens (including phenoxy) is 1. The van der Waals surface area contributed by atoms with E-state index in [-0.39, 0.29) is 28.7 Å². The van der Waals surface area contributed by atoms with Crippen LogP contribution in [-0.4, -0.2) is 56.3 Å². The van der Waals surface area contributed by atoms with E-state index in [9.17, 15) is 28.1 Å². The van der Waals surface area contributed by atoms with E-state index < -0.39 is 33.4 Å². The van der Waals surface area contributed by atoms with E-state index in [4.69, 9.17) is 4.74 Å². The predicted octanol–water partition coefficient (Wildman–Crippen LogP) is 3.97. The van der Waals surface area contributed by atoms with Crippen LogP contribution in [0.25, 0.3) is 0 Å². The number of nitro groups is 1. The summed E-state index contributed by atoms with van der Waals surface area (Å²) < 4.78 is 34.0. The number of carbonyl (C=O) groups is 2. The summed E-state index contributed by atoms with van der Waals surface area (Å²) in [4.78, 5) is 38.6. The zero-order chi connectivity index (χ0) is 30.3. The van der Waals surface area contributed by atoms with Gasteiger partial charge in [-0.1, -0.05) is 35.9 Å². The molecular weight excluding hydrogens is 548 g/mol. The highest BCUT2D eigenvalue weighted by molar-refractivity contribution is 7.92. The number of nitrogens with zero attached hydrogens (tertiary/aromatic N) is 3. The van der Waals surface area contributed by atoms with E-state index in [2.05, 4.69) is 5.32 Å². The summed E-state index contributed by atoms with van der Waals surface area (Å²) in [6.45, 7) is 6.50. The molecule has 1 atom stereocenters. The molecule has 3 aromatic rings. The Morgan fingerprint density at radius 2 is 1.73 bits per heavy atom. The van der Waals surface area contributed by atoms with Crippen molar-refractivity contribution in [2.75, 3.05) is 24.5 Å². The zero-order valence-corrected chi connectivity index (χ0v) is 24.5. The van der Waals surface area contributed by atoms with Crippen molar-refractivity contribution in [1.29, 1.82) is 0 Å². The summed E-state index contributed by atoms with van der Waals surface area (Å²) >= 11 is 0. The Labute approximate surface area is 239 Å². The first-order valence-corrected chi connectivity index (χ1v) is 14.4. The van der Waals surface area contributed by atoms with Crippen LogP contribution >= 0.6 is 0 Å². The van der Waals surface area contributed by atoms with Crippen LogP contribution in [0.1, 0.15) is 30.5 Å². The summed E-state index contributed by atoms with van der Waals surface area (Å²) in [5, 5.41) is 14.3. The third-order valence-electron chi connectivity index (χ3n) is 6.56. The van der Waals surface area contributed by atoms with Gasteiger partial charge in [0.05, 0.1) is 22.6 Å². The van der Waals surface area contributed by atoms with E-state index in [1.807, 2.05) is 31.2 Å². The molecule has 0 bridgehead atoms. The molecular formula is C29H34N4O7S. The first-order valence-electron chi connectivity index (χ1n) is 12.9. The molecule has 0 aliphatic heterocycles. The van der Waals surface area contributed by atoms with E-state index >= 15 is 0 Å². The topological polar surface area (TPSA) is 139 Å². The summed E-state index contributed by atoms with van der Waals surface area (Å²) in [7, 11) is -3.01. The van der Waals surface area contributed by atoms with Crippen molar-refractivity contribution < 1.29 is 27.7 Å². The van der Waals surface area contributed by atoms with Gasteiger partial charge in [0.1, 0.15) is 18.3 Å². The fourth-order valence-corrected chi connectivity index (χ4v) is 5.70. The summed E-state index contributed by atoms with van der Waals surface area (Å²) in [6, 6.07) is 16.2. The third-order valence-corrected chi connectivity index (χ3v) is 8.33. The number of hydrogen-bond acceptors (Lipinski definition) is 7. The lowest BCUT2D eigenvalue weighted by Crippen LogP contribution is -2.51. The molecule has 0 saturated heterocycles. The second kappa shape index (κ2) is 13.3. The highest BCUT2D eigenvalue weighted by Crippen LogP contribution is 2.29. The van der Waals surface area contributed by atoms with Crippen molar-refractivity contribution in [2.45, 2.75) is 45.2 Å². The number of aryl methyl sites for hydroxylation is 2. The average molecular weight is 583 g/mol. The first kappa shape index (κ1) is 31.1. The maximum atomic E-state index is 14.0. The molecule has 0 heterocycles. The van der Waals surface area contributed by atoms with Crippen molar-refractivity contribution in [3.8, 4) is 5.75 Å². The van der Waals surface area contributed by atoms with Gasteiger partial charge in [0.2, 0.25) is 11.8 Å². The largest absolute Gasteiger partial charge is 0.497 e. The maximum Gasteiger partial charge on any atom is 0.273 e. The molecule has 3 aromatic carbocycles. The average Bonchev–Trinajstić information content (AvgIpc) is 2.94. The van der Waals surface area contributed by atoms with Gasteiger partial charge in [-0.3, -0.25) is 24.0 Å². The highest BCUT2D eigenvalue weighted by Gasteiger charge is 2.33. The predicted molar refractivity (Wildman–Crippen MR) is 155 cm³/mol. The van der Waals surface area contributed by atoms with Gasteiger partial charge in [-0.15, -0.1) is 0 Å². The summed E-state index contributed by atoms with van der Waals surface area (Å²) in [5.74, 6) is -0.554. The zero-order valence-electron chi connectivity index (χ0n) is 23.7. The molecule has 12 heteroatoms. The summed E-state index contributed by atoms with van der Waals surface area (Å²) in [5.41, 5.74) is 1.80. The Morgan fingerprint density at radius 3 is 2.32 bits per heavy atom. The van der Waals surface area contributed by atoms with Crippen LogP contribution in [0.3, 0.4) is 0 Å². The number of amides is 2. The van der Waals surface area contributed by atoms with Crippen molar-refractivity contribution in [3.63, 3.8) is 0 Å². The Kier molecular flexibility index (Phi) is 10.1. The van der Waals surface area contributed by atoms with Crippen LogP contribution in [0.5, 0.6) is 5.75 Å². The van der Waals surface area contributed by atoms with Crippen LogP contribution in [0, 0.1) is 24.0 Å². The van der Waals surface area contributed by atoms with Gasteiger partial charge in [-0.2, -0.15) is 0 Å². The van der Waals surface area contributed by atoms with Crippen LogP contribution < -0.4 is 14.4 Å². The van der Waals surface area contributed by atoms with Gasteiger partial charge >= 0.3 is 0 Å². The Bertz CT molecular complexity index is 1520. The second-order valence-electron chi connectivity index (χ2n) is 9.50. The van der Waals surface area contributed by atoms with Crippen molar-refractivity contribution >= 4 is 33.2 Å². The fraction of sp³-hybridized carbons (Fsp3) is 0.310. The number of carbonyl (C=O) groups excluding carboxylic acids is 2. The number of nitrogens with one attached hydrogen (secondary N) is 1. The minimum absolute atomic E-state index is 0.0608. The SMILES string of the molecule is CCNC(=O)C(C)N(Cc1cccc(C)c1)C(=O)CN(c1ccc(OC)cc1)S(=O)(=O)c1ccc(C)c([N+](=O)[O-])c1. The molecule has 1 unspecified atom stereocenters. The van der Waals surface area contributed by atoms with Gasteiger partial charge in [-0.25, -0.2) is 8.42 Å². The maximum absolute atomic E-state index is 14.0. The number of hydrogen-bond donors (Lipinski definition) is 1. The first-order chi connectivity index (χ1) is 19.4.